The van der Waals surface area contributed by atoms with Crippen LogP contribution in [0.5, 0.6) is 0 Å². The zero-order chi connectivity index (χ0) is 23.4. The standard InChI is InChI=1S/C29H30N2O2/c1-4-22-11-13-23(14-12-22)19-31-27-16-20(2)10-15-25(27)26(28(31)29(32)33)18-30-17-21(3)24-8-6-5-7-9-24/h4-16,21,30H,1,17-19H2,2-3H3,(H,32,33)/t21-/m0/s1. The molecule has 4 aromatic rings. The number of carboxylic acids is 1. The molecule has 0 spiro atoms. The van der Waals surface area contributed by atoms with Crippen LogP contribution in [-0.4, -0.2) is 22.2 Å². The maximum atomic E-state index is 12.4. The van der Waals surface area contributed by atoms with Crippen LogP contribution < -0.4 is 5.32 Å². The molecular weight excluding hydrogens is 408 g/mol. The van der Waals surface area contributed by atoms with Crippen molar-refractivity contribution in [2.75, 3.05) is 6.54 Å². The third-order valence-electron chi connectivity index (χ3n) is 6.20. The molecule has 0 amide bonds. The van der Waals surface area contributed by atoms with Crippen LogP contribution in [-0.2, 0) is 13.1 Å². The van der Waals surface area contributed by atoms with Gasteiger partial charge in [-0.15, -0.1) is 0 Å². The lowest BCUT2D eigenvalue weighted by molar-refractivity contribution is 0.0684. The monoisotopic (exact) mass is 438 g/mol. The molecule has 1 aromatic heterocycles. The Hall–Kier alpha value is -3.63. The minimum Gasteiger partial charge on any atom is -0.477 e. The lowest BCUT2D eigenvalue weighted by atomic mass is 10.0. The molecule has 0 aliphatic heterocycles. The number of benzene rings is 3. The van der Waals surface area contributed by atoms with Gasteiger partial charge in [-0.25, -0.2) is 4.79 Å². The molecule has 2 N–H and O–H groups in total. The Balaban J connectivity index is 1.67. The van der Waals surface area contributed by atoms with Gasteiger partial charge in [0.15, 0.2) is 0 Å². The first-order valence-corrected chi connectivity index (χ1v) is 11.3. The SMILES string of the molecule is C=Cc1ccc(Cn2c(C(=O)O)c(CNC[C@H](C)c3ccccc3)c3ccc(C)cc32)cc1. The predicted octanol–water partition coefficient (Wildman–Crippen LogP) is 6.23. The summed E-state index contributed by atoms with van der Waals surface area (Å²) in [7, 11) is 0. The van der Waals surface area contributed by atoms with E-state index in [-0.39, 0.29) is 0 Å². The van der Waals surface area contributed by atoms with Crippen molar-refractivity contribution in [3.05, 3.63) is 113 Å². The van der Waals surface area contributed by atoms with E-state index in [0.29, 0.717) is 24.7 Å². The molecule has 33 heavy (non-hydrogen) atoms. The molecule has 0 fully saturated rings. The lowest BCUT2D eigenvalue weighted by Gasteiger charge is -2.14. The summed E-state index contributed by atoms with van der Waals surface area (Å²) in [6, 6.07) is 24.6. The van der Waals surface area contributed by atoms with Crippen molar-refractivity contribution in [3.63, 3.8) is 0 Å². The van der Waals surface area contributed by atoms with Gasteiger partial charge in [0, 0.05) is 36.1 Å². The normalized spacial score (nSPS) is 12.1. The van der Waals surface area contributed by atoms with Crippen molar-refractivity contribution in [2.45, 2.75) is 32.9 Å². The molecule has 0 radical (unpaired) electrons. The molecule has 0 saturated carbocycles. The smallest absolute Gasteiger partial charge is 0.352 e. The summed E-state index contributed by atoms with van der Waals surface area (Å²) >= 11 is 0. The molecule has 0 bridgehead atoms. The number of carboxylic acid groups (broad SMARTS) is 1. The Morgan fingerprint density at radius 2 is 1.82 bits per heavy atom. The van der Waals surface area contributed by atoms with Gasteiger partial charge in [0.25, 0.3) is 0 Å². The van der Waals surface area contributed by atoms with Crippen LogP contribution in [0, 0.1) is 6.92 Å². The molecule has 4 heteroatoms. The first kappa shape index (κ1) is 22.6. The van der Waals surface area contributed by atoms with Crippen LogP contribution in [0.1, 0.15) is 51.1 Å². The number of aromatic nitrogens is 1. The molecular formula is C29H30N2O2. The Labute approximate surface area is 195 Å². The molecule has 0 aliphatic rings. The number of nitrogens with one attached hydrogen (secondary N) is 1. The van der Waals surface area contributed by atoms with Gasteiger partial charge in [-0.05, 0) is 41.2 Å². The van der Waals surface area contributed by atoms with E-state index in [2.05, 4.69) is 37.0 Å². The largest absolute Gasteiger partial charge is 0.477 e. The minimum atomic E-state index is -0.903. The van der Waals surface area contributed by atoms with E-state index < -0.39 is 5.97 Å². The fraction of sp³-hybridized carbons (Fsp3) is 0.207. The van der Waals surface area contributed by atoms with Crippen molar-refractivity contribution < 1.29 is 9.90 Å². The highest BCUT2D eigenvalue weighted by atomic mass is 16.4. The third kappa shape index (κ3) is 4.91. The molecule has 1 heterocycles. The zero-order valence-corrected chi connectivity index (χ0v) is 19.2. The topological polar surface area (TPSA) is 54.3 Å². The highest BCUT2D eigenvalue weighted by Crippen LogP contribution is 2.29. The Morgan fingerprint density at radius 3 is 2.48 bits per heavy atom. The summed E-state index contributed by atoms with van der Waals surface area (Å²) in [5.41, 5.74) is 6.61. The maximum Gasteiger partial charge on any atom is 0.352 e. The van der Waals surface area contributed by atoms with E-state index in [1.807, 2.05) is 66.1 Å². The fourth-order valence-corrected chi connectivity index (χ4v) is 4.37. The number of hydrogen-bond acceptors (Lipinski definition) is 2. The number of hydrogen-bond donors (Lipinski definition) is 2. The predicted molar refractivity (Wildman–Crippen MR) is 136 cm³/mol. The number of aromatic carboxylic acids is 1. The van der Waals surface area contributed by atoms with Crippen LogP contribution in [0.15, 0.2) is 79.4 Å². The summed E-state index contributed by atoms with van der Waals surface area (Å²) in [5.74, 6) is -0.571. The summed E-state index contributed by atoms with van der Waals surface area (Å²) in [6.07, 6.45) is 1.81. The van der Waals surface area contributed by atoms with Gasteiger partial charge in [0.2, 0.25) is 0 Å². The molecule has 0 saturated heterocycles. The van der Waals surface area contributed by atoms with Gasteiger partial charge in [-0.3, -0.25) is 0 Å². The third-order valence-corrected chi connectivity index (χ3v) is 6.20. The van der Waals surface area contributed by atoms with Gasteiger partial charge >= 0.3 is 5.97 Å². The van der Waals surface area contributed by atoms with Crippen molar-refractivity contribution >= 4 is 22.9 Å². The highest BCUT2D eigenvalue weighted by molar-refractivity contribution is 5.98. The quantitative estimate of drug-likeness (QED) is 0.326. The van der Waals surface area contributed by atoms with Gasteiger partial charge < -0.3 is 15.0 Å². The molecule has 3 aromatic carbocycles. The second-order valence-corrected chi connectivity index (χ2v) is 8.63. The average Bonchev–Trinajstić information content (AvgIpc) is 3.12. The van der Waals surface area contributed by atoms with E-state index in [9.17, 15) is 9.90 Å². The number of fused-ring (bicyclic) bond motifs is 1. The Bertz CT molecular complexity index is 1270. The van der Waals surface area contributed by atoms with Gasteiger partial charge in [0.1, 0.15) is 5.69 Å². The Morgan fingerprint density at radius 1 is 1.09 bits per heavy atom. The van der Waals surface area contributed by atoms with Crippen molar-refractivity contribution in [1.82, 2.24) is 9.88 Å². The van der Waals surface area contributed by atoms with Gasteiger partial charge in [-0.2, -0.15) is 0 Å². The van der Waals surface area contributed by atoms with Gasteiger partial charge in [0.05, 0.1) is 0 Å². The minimum absolute atomic E-state index is 0.332. The van der Waals surface area contributed by atoms with Gasteiger partial charge in [-0.1, -0.05) is 86.3 Å². The van der Waals surface area contributed by atoms with E-state index in [0.717, 1.165) is 39.7 Å². The Kier molecular flexibility index (Phi) is 6.76. The van der Waals surface area contributed by atoms with Crippen LogP contribution in [0.25, 0.3) is 17.0 Å². The number of aryl methyl sites for hydroxylation is 1. The van der Waals surface area contributed by atoms with Crippen molar-refractivity contribution in [3.8, 4) is 0 Å². The van der Waals surface area contributed by atoms with Crippen molar-refractivity contribution in [1.29, 1.82) is 0 Å². The summed E-state index contributed by atoms with van der Waals surface area (Å²) in [5, 5.41) is 14.7. The van der Waals surface area contributed by atoms with Crippen LogP contribution in [0.4, 0.5) is 0 Å². The van der Waals surface area contributed by atoms with E-state index in [4.69, 9.17) is 0 Å². The van der Waals surface area contributed by atoms with E-state index in [1.165, 1.54) is 5.56 Å². The second kappa shape index (κ2) is 9.88. The van der Waals surface area contributed by atoms with E-state index in [1.54, 1.807) is 6.08 Å². The number of rotatable bonds is 9. The summed E-state index contributed by atoms with van der Waals surface area (Å²) < 4.78 is 1.94. The van der Waals surface area contributed by atoms with Crippen LogP contribution >= 0.6 is 0 Å². The molecule has 4 nitrogen and oxygen atoms in total. The summed E-state index contributed by atoms with van der Waals surface area (Å²) in [6.45, 7) is 9.79. The first-order valence-electron chi connectivity index (χ1n) is 11.3. The average molecular weight is 439 g/mol. The molecule has 1 atom stereocenters. The second-order valence-electron chi connectivity index (χ2n) is 8.63. The first-order chi connectivity index (χ1) is 16.0. The van der Waals surface area contributed by atoms with Crippen molar-refractivity contribution in [2.24, 2.45) is 0 Å². The van der Waals surface area contributed by atoms with Crippen LogP contribution in [0.3, 0.4) is 0 Å². The highest BCUT2D eigenvalue weighted by Gasteiger charge is 2.22. The van der Waals surface area contributed by atoms with Crippen LogP contribution in [0.2, 0.25) is 0 Å². The number of nitrogens with zero attached hydrogens (tertiary/aromatic N) is 1. The molecule has 0 aliphatic carbocycles. The maximum absolute atomic E-state index is 12.4. The molecule has 0 unspecified atom stereocenters. The molecule has 4 rings (SSSR count). The van der Waals surface area contributed by atoms with E-state index >= 15 is 0 Å². The lowest BCUT2D eigenvalue weighted by Crippen LogP contribution is -2.21. The molecule has 168 valence electrons. The fourth-order valence-electron chi connectivity index (χ4n) is 4.37. The zero-order valence-electron chi connectivity index (χ0n) is 19.2. The summed E-state index contributed by atoms with van der Waals surface area (Å²) in [4.78, 5) is 12.4. The number of carbonyl (C=O) groups is 1.